The number of carbonyl (C=O) groups excluding carboxylic acids is 1. The molecule has 0 heterocycles. The zero-order chi connectivity index (χ0) is 12.1. The third-order valence-corrected chi connectivity index (χ3v) is 2.31. The maximum absolute atomic E-state index is 11.1. The third kappa shape index (κ3) is 3.43. The Balaban J connectivity index is 2.99. The molecule has 0 radical (unpaired) electrons. The monoisotopic (exact) mass is 260 g/mol. The van der Waals surface area contributed by atoms with Crippen molar-refractivity contribution in [2.24, 2.45) is 0 Å². The summed E-state index contributed by atoms with van der Waals surface area (Å²) in [5.41, 5.74) is 0.294. The van der Waals surface area contributed by atoms with Gasteiger partial charge in [-0.05, 0) is 25.1 Å². The first kappa shape index (κ1) is 12.9. The van der Waals surface area contributed by atoms with Crippen molar-refractivity contribution < 1.29 is 14.6 Å². The molecular weight excluding hydrogens is 251 g/mol. The summed E-state index contributed by atoms with van der Waals surface area (Å²) >= 11 is 11.6. The van der Waals surface area contributed by atoms with Crippen molar-refractivity contribution in [1.29, 1.82) is 0 Å². The fourth-order valence-electron chi connectivity index (χ4n) is 1.07. The smallest absolute Gasteiger partial charge is 0.334 e. The van der Waals surface area contributed by atoms with Gasteiger partial charge >= 0.3 is 5.97 Å². The van der Waals surface area contributed by atoms with Crippen LogP contribution in [0.15, 0.2) is 24.3 Å². The molecule has 5 heteroatoms. The summed E-state index contributed by atoms with van der Waals surface area (Å²) in [6, 6.07) is 4.59. The molecule has 0 aliphatic rings. The van der Waals surface area contributed by atoms with Crippen molar-refractivity contribution in [1.82, 2.24) is 0 Å². The van der Waals surface area contributed by atoms with E-state index in [-0.39, 0.29) is 12.4 Å². The largest absolute Gasteiger partial charge is 0.507 e. The summed E-state index contributed by atoms with van der Waals surface area (Å²) in [6.45, 7) is 1.92. The molecule has 0 aliphatic carbocycles. The Bertz CT molecular complexity index is 427. The molecule has 0 fully saturated rings. The summed E-state index contributed by atoms with van der Waals surface area (Å²) in [6.07, 6.45) is 0.959. The van der Waals surface area contributed by atoms with E-state index in [1.807, 2.05) is 0 Å². The van der Waals surface area contributed by atoms with Gasteiger partial charge in [0.25, 0.3) is 0 Å². The third-order valence-electron chi connectivity index (χ3n) is 1.75. The lowest BCUT2D eigenvalue weighted by molar-refractivity contribution is -0.137. The number of hydrogen-bond acceptors (Lipinski definition) is 3. The minimum absolute atomic E-state index is 0.242. The van der Waals surface area contributed by atoms with Crippen molar-refractivity contribution in [3.8, 4) is 0 Å². The number of carbonyl (C=O) groups is 1. The molecule has 0 saturated carbocycles. The van der Waals surface area contributed by atoms with Gasteiger partial charge in [0.05, 0.1) is 17.7 Å². The number of halogens is 2. The molecule has 0 unspecified atom stereocenters. The van der Waals surface area contributed by atoms with Gasteiger partial charge in [-0.25, -0.2) is 4.79 Å². The van der Waals surface area contributed by atoms with Gasteiger partial charge in [-0.1, -0.05) is 23.2 Å². The Morgan fingerprint density at radius 1 is 1.50 bits per heavy atom. The number of aliphatic hydroxyl groups excluding tert-OH is 1. The van der Waals surface area contributed by atoms with E-state index in [1.165, 1.54) is 12.1 Å². The quantitative estimate of drug-likeness (QED) is 0.515. The molecule has 3 nitrogen and oxygen atoms in total. The first-order valence-electron chi connectivity index (χ1n) is 4.57. The normalized spacial score (nSPS) is 11.3. The lowest BCUT2D eigenvalue weighted by Gasteiger charge is -2.04. The summed E-state index contributed by atoms with van der Waals surface area (Å²) in [4.78, 5) is 11.1. The Morgan fingerprint density at radius 2 is 2.19 bits per heavy atom. The SMILES string of the molecule is CCOC(=O)/C=C(\O)c1cc(Cl)ccc1Cl. The van der Waals surface area contributed by atoms with Gasteiger partial charge in [0.2, 0.25) is 0 Å². The van der Waals surface area contributed by atoms with Crippen molar-refractivity contribution >= 4 is 34.9 Å². The molecule has 0 atom stereocenters. The minimum atomic E-state index is -0.629. The van der Waals surface area contributed by atoms with E-state index in [9.17, 15) is 9.90 Å². The zero-order valence-corrected chi connectivity index (χ0v) is 10.0. The molecule has 0 aliphatic heterocycles. The van der Waals surface area contributed by atoms with Gasteiger partial charge in [-0.15, -0.1) is 0 Å². The van der Waals surface area contributed by atoms with Crippen LogP contribution in [0.2, 0.25) is 10.0 Å². The van der Waals surface area contributed by atoms with E-state index >= 15 is 0 Å². The summed E-state index contributed by atoms with van der Waals surface area (Å²) in [5, 5.41) is 10.4. The molecule has 1 N–H and O–H groups in total. The molecule has 1 aromatic carbocycles. The van der Waals surface area contributed by atoms with Crippen molar-refractivity contribution in [3.63, 3.8) is 0 Å². The number of rotatable bonds is 3. The van der Waals surface area contributed by atoms with Gasteiger partial charge < -0.3 is 9.84 Å². The molecule has 0 saturated heterocycles. The van der Waals surface area contributed by atoms with Crippen LogP contribution in [0.3, 0.4) is 0 Å². The molecule has 0 bridgehead atoms. The summed E-state index contributed by atoms with van der Waals surface area (Å²) < 4.78 is 4.65. The topological polar surface area (TPSA) is 46.5 Å². The van der Waals surface area contributed by atoms with Crippen LogP contribution in [0.1, 0.15) is 12.5 Å². The molecule has 1 aromatic rings. The fourth-order valence-corrected chi connectivity index (χ4v) is 1.45. The fraction of sp³-hybridized carbons (Fsp3) is 0.182. The first-order valence-corrected chi connectivity index (χ1v) is 5.33. The Labute approximate surface area is 103 Å². The van der Waals surface area contributed by atoms with E-state index in [0.29, 0.717) is 15.6 Å². The summed E-state index contributed by atoms with van der Waals surface area (Å²) in [5.74, 6) is -0.901. The molecule has 0 aromatic heterocycles. The predicted octanol–water partition coefficient (Wildman–Crippen LogP) is 3.46. The highest BCUT2D eigenvalue weighted by molar-refractivity contribution is 6.34. The molecule has 16 heavy (non-hydrogen) atoms. The van der Waals surface area contributed by atoms with E-state index in [1.54, 1.807) is 13.0 Å². The van der Waals surface area contributed by atoms with Crippen molar-refractivity contribution in [3.05, 3.63) is 39.9 Å². The summed E-state index contributed by atoms with van der Waals surface area (Å²) in [7, 11) is 0. The van der Waals surface area contributed by atoms with Crippen LogP contribution in [0.4, 0.5) is 0 Å². The van der Waals surface area contributed by atoms with Gasteiger partial charge in [0.1, 0.15) is 5.76 Å². The van der Waals surface area contributed by atoms with E-state index < -0.39 is 5.97 Å². The maximum Gasteiger partial charge on any atom is 0.334 e. The van der Waals surface area contributed by atoms with Crippen LogP contribution in [0, 0.1) is 0 Å². The number of benzene rings is 1. The highest BCUT2D eigenvalue weighted by Crippen LogP contribution is 2.25. The van der Waals surface area contributed by atoms with Gasteiger partial charge in [0.15, 0.2) is 0 Å². The van der Waals surface area contributed by atoms with E-state index in [4.69, 9.17) is 23.2 Å². The van der Waals surface area contributed by atoms with E-state index in [0.717, 1.165) is 6.08 Å². The van der Waals surface area contributed by atoms with Crippen LogP contribution in [-0.4, -0.2) is 17.7 Å². The molecular formula is C11H10Cl2O3. The Morgan fingerprint density at radius 3 is 2.81 bits per heavy atom. The second-order valence-electron chi connectivity index (χ2n) is 2.91. The van der Waals surface area contributed by atoms with Crippen LogP contribution in [0.5, 0.6) is 0 Å². The number of esters is 1. The lowest BCUT2D eigenvalue weighted by atomic mass is 10.2. The van der Waals surface area contributed by atoms with Crippen LogP contribution < -0.4 is 0 Å². The molecule has 0 amide bonds. The van der Waals surface area contributed by atoms with Gasteiger partial charge in [0, 0.05) is 10.6 Å². The van der Waals surface area contributed by atoms with E-state index in [2.05, 4.69) is 4.74 Å². The first-order chi connectivity index (χ1) is 7.54. The molecule has 1 rings (SSSR count). The highest BCUT2D eigenvalue weighted by Gasteiger charge is 2.08. The second-order valence-corrected chi connectivity index (χ2v) is 3.75. The van der Waals surface area contributed by atoms with Crippen LogP contribution >= 0.6 is 23.2 Å². The molecule has 86 valence electrons. The Kier molecular flexibility index (Phi) is 4.65. The number of ether oxygens (including phenoxy) is 1. The van der Waals surface area contributed by atoms with Crippen molar-refractivity contribution in [2.75, 3.05) is 6.61 Å². The van der Waals surface area contributed by atoms with Crippen LogP contribution in [0.25, 0.3) is 5.76 Å². The molecule has 0 spiro atoms. The van der Waals surface area contributed by atoms with Gasteiger partial charge in [-0.2, -0.15) is 0 Å². The Hall–Kier alpha value is -1.19. The van der Waals surface area contributed by atoms with Crippen molar-refractivity contribution in [2.45, 2.75) is 6.92 Å². The minimum Gasteiger partial charge on any atom is -0.507 e. The maximum atomic E-state index is 11.1. The standard InChI is InChI=1S/C11H10Cl2O3/c1-2-16-11(15)6-10(14)8-5-7(12)3-4-9(8)13/h3-6,14H,2H2,1H3/b10-6-. The average Bonchev–Trinajstić information content (AvgIpc) is 2.21. The van der Waals surface area contributed by atoms with Crippen LogP contribution in [-0.2, 0) is 9.53 Å². The highest BCUT2D eigenvalue weighted by atomic mass is 35.5. The number of hydrogen-bond donors (Lipinski definition) is 1. The average molecular weight is 261 g/mol. The predicted molar refractivity (Wildman–Crippen MR) is 63.7 cm³/mol. The number of aliphatic hydroxyl groups is 1. The van der Waals surface area contributed by atoms with Gasteiger partial charge in [-0.3, -0.25) is 0 Å². The zero-order valence-electron chi connectivity index (χ0n) is 8.54. The second kappa shape index (κ2) is 5.77. The lowest BCUT2D eigenvalue weighted by Crippen LogP contribution is -2.01.